The van der Waals surface area contributed by atoms with Crippen LogP contribution in [0.1, 0.15) is 50.2 Å². The number of nitriles is 3. The van der Waals surface area contributed by atoms with E-state index in [-0.39, 0.29) is 5.90 Å². The molecule has 2 aliphatic heterocycles. The minimum atomic E-state index is -1.84. The van der Waals surface area contributed by atoms with E-state index in [0.29, 0.717) is 18.4 Å². The van der Waals surface area contributed by atoms with Gasteiger partial charge in [-0.25, -0.2) is 0 Å². The van der Waals surface area contributed by atoms with E-state index in [1.165, 1.54) is 0 Å². The van der Waals surface area contributed by atoms with E-state index in [9.17, 15) is 15.8 Å². The van der Waals surface area contributed by atoms with Crippen molar-refractivity contribution in [3.05, 3.63) is 35.9 Å². The molecule has 3 aliphatic rings. The zero-order valence-corrected chi connectivity index (χ0v) is 14.9. The molecule has 1 N–H and O–H groups in total. The summed E-state index contributed by atoms with van der Waals surface area (Å²) in [5, 5.41) is 39.1. The van der Waals surface area contributed by atoms with Gasteiger partial charge in [-0.2, -0.15) is 15.8 Å². The Morgan fingerprint density at radius 3 is 2.33 bits per heavy atom. The summed E-state index contributed by atoms with van der Waals surface area (Å²) in [6.07, 6.45) is 3.98. The molecule has 6 nitrogen and oxygen atoms in total. The monoisotopic (exact) mass is 360 g/mol. The molecule has 1 aromatic rings. The number of ether oxygens (including phenoxy) is 2. The average molecular weight is 360 g/mol. The van der Waals surface area contributed by atoms with E-state index in [2.05, 4.69) is 18.2 Å². The lowest BCUT2D eigenvalue weighted by Gasteiger charge is -2.50. The van der Waals surface area contributed by atoms with Gasteiger partial charge in [0.25, 0.3) is 0 Å². The molecule has 4 atom stereocenters. The molecule has 4 rings (SSSR count). The topological polar surface area (TPSA) is 114 Å². The molecule has 4 unspecified atom stereocenters. The SMILES string of the molecule is N#CC1(C#N)C(c2ccccc2)OC23CCCCCCC2C1(C#N)C(=N)O3. The zero-order valence-electron chi connectivity index (χ0n) is 14.9. The van der Waals surface area contributed by atoms with Crippen LogP contribution in [-0.2, 0) is 9.47 Å². The Hall–Kier alpha value is -2.88. The van der Waals surface area contributed by atoms with E-state index >= 15 is 0 Å². The highest BCUT2D eigenvalue weighted by atomic mass is 16.7. The van der Waals surface area contributed by atoms with Crippen LogP contribution in [0.25, 0.3) is 0 Å². The van der Waals surface area contributed by atoms with E-state index in [1.54, 1.807) is 12.1 Å². The maximum absolute atomic E-state index is 10.3. The van der Waals surface area contributed by atoms with Crippen LogP contribution >= 0.6 is 0 Å². The molecule has 3 fully saturated rings. The maximum Gasteiger partial charge on any atom is 0.217 e. The second-order valence-corrected chi connectivity index (χ2v) is 7.61. The Morgan fingerprint density at radius 1 is 0.963 bits per heavy atom. The van der Waals surface area contributed by atoms with Crippen LogP contribution < -0.4 is 0 Å². The van der Waals surface area contributed by atoms with E-state index < -0.39 is 28.6 Å². The van der Waals surface area contributed by atoms with Gasteiger partial charge < -0.3 is 9.47 Å². The second kappa shape index (κ2) is 6.08. The van der Waals surface area contributed by atoms with Crippen LogP contribution in [0.4, 0.5) is 0 Å². The summed E-state index contributed by atoms with van der Waals surface area (Å²) in [6.45, 7) is 0. The smallest absolute Gasteiger partial charge is 0.217 e. The van der Waals surface area contributed by atoms with Crippen molar-refractivity contribution in [2.45, 2.75) is 50.4 Å². The Bertz CT molecular complexity index is 879. The number of hydrogen-bond acceptors (Lipinski definition) is 6. The first-order chi connectivity index (χ1) is 13.1. The molecule has 0 aromatic heterocycles. The van der Waals surface area contributed by atoms with E-state index in [0.717, 1.165) is 25.7 Å². The molecular weight excluding hydrogens is 340 g/mol. The predicted molar refractivity (Wildman–Crippen MR) is 94.7 cm³/mol. The maximum atomic E-state index is 10.3. The highest BCUT2D eigenvalue weighted by molar-refractivity contribution is 5.89. The van der Waals surface area contributed by atoms with Gasteiger partial charge >= 0.3 is 0 Å². The van der Waals surface area contributed by atoms with Gasteiger partial charge in [0.05, 0.1) is 24.1 Å². The van der Waals surface area contributed by atoms with Crippen LogP contribution in [0.5, 0.6) is 0 Å². The molecule has 2 bridgehead atoms. The summed E-state index contributed by atoms with van der Waals surface area (Å²) in [5.41, 5.74) is -2.82. The van der Waals surface area contributed by atoms with Crippen molar-refractivity contribution in [1.29, 1.82) is 21.2 Å². The molecule has 27 heavy (non-hydrogen) atoms. The molecule has 2 saturated heterocycles. The lowest BCUT2D eigenvalue weighted by molar-refractivity contribution is -0.289. The average Bonchev–Trinajstić information content (AvgIpc) is 2.86. The van der Waals surface area contributed by atoms with Gasteiger partial charge in [-0.3, -0.25) is 5.41 Å². The van der Waals surface area contributed by atoms with E-state index in [4.69, 9.17) is 14.9 Å². The van der Waals surface area contributed by atoms with Crippen LogP contribution in [0.3, 0.4) is 0 Å². The molecule has 0 spiro atoms. The fraction of sp³-hybridized carbons (Fsp3) is 0.524. The third-order valence-corrected chi connectivity index (χ3v) is 6.42. The third kappa shape index (κ3) is 2.04. The summed E-state index contributed by atoms with van der Waals surface area (Å²) in [6, 6.07) is 15.5. The van der Waals surface area contributed by atoms with Gasteiger partial charge in [0.15, 0.2) is 5.41 Å². The molecule has 136 valence electrons. The second-order valence-electron chi connectivity index (χ2n) is 7.61. The molecule has 1 aliphatic carbocycles. The summed E-state index contributed by atoms with van der Waals surface area (Å²) in [5.74, 6) is -1.91. The van der Waals surface area contributed by atoms with Gasteiger partial charge in [-0.05, 0) is 18.4 Å². The van der Waals surface area contributed by atoms with Crippen molar-refractivity contribution in [2.75, 3.05) is 0 Å². The quantitative estimate of drug-likeness (QED) is 0.813. The Morgan fingerprint density at radius 2 is 1.67 bits per heavy atom. The first-order valence-corrected chi connectivity index (χ1v) is 9.35. The van der Waals surface area contributed by atoms with Crippen molar-refractivity contribution in [2.24, 2.45) is 16.7 Å². The molecule has 1 saturated carbocycles. The minimum Gasteiger partial charge on any atom is -0.447 e. The van der Waals surface area contributed by atoms with Gasteiger partial charge in [0, 0.05) is 6.42 Å². The predicted octanol–water partition coefficient (Wildman–Crippen LogP) is 3.98. The lowest BCUT2D eigenvalue weighted by atomic mass is 9.52. The largest absolute Gasteiger partial charge is 0.447 e. The molecular formula is C21H20N4O2. The number of rotatable bonds is 1. The summed E-state index contributed by atoms with van der Waals surface area (Å²) < 4.78 is 12.4. The highest BCUT2D eigenvalue weighted by Crippen LogP contribution is 2.68. The standard InChI is InChI=1S/C21H20N4O2/c22-12-19(13-23)17(15-8-4-3-5-9-15)26-21-11-7-2-1-6-10-16(21)20(19,14-24)18(25)27-21/h3-5,8-9,16-17,25H,1-2,6-7,10-11H2. The Kier molecular flexibility index (Phi) is 3.95. The highest BCUT2D eigenvalue weighted by Gasteiger charge is 2.79. The van der Waals surface area contributed by atoms with Crippen LogP contribution in [0, 0.1) is 56.2 Å². The third-order valence-electron chi connectivity index (χ3n) is 6.42. The van der Waals surface area contributed by atoms with Gasteiger partial charge in [0.1, 0.15) is 6.10 Å². The van der Waals surface area contributed by atoms with E-state index in [1.807, 2.05) is 18.2 Å². The van der Waals surface area contributed by atoms with Crippen molar-refractivity contribution in [1.82, 2.24) is 0 Å². The summed E-state index contributed by atoms with van der Waals surface area (Å²) in [4.78, 5) is 0. The van der Waals surface area contributed by atoms with Crippen molar-refractivity contribution in [3.8, 4) is 18.2 Å². The summed E-state index contributed by atoms with van der Waals surface area (Å²) in [7, 11) is 0. The molecule has 6 heteroatoms. The number of nitrogens with one attached hydrogen (secondary N) is 1. The van der Waals surface area contributed by atoms with Crippen molar-refractivity contribution < 1.29 is 9.47 Å². The number of hydrogen-bond donors (Lipinski definition) is 1. The molecule has 2 heterocycles. The zero-order chi connectivity index (χ0) is 19.1. The van der Waals surface area contributed by atoms with Gasteiger partial charge in [-0.15, -0.1) is 0 Å². The van der Waals surface area contributed by atoms with Crippen molar-refractivity contribution >= 4 is 5.90 Å². The fourth-order valence-electron chi connectivity index (χ4n) is 5.14. The summed E-state index contributed by atoms with van der Waals surface area (Å²) >= 11 is 0. The molecule has 1 aromatic carbocycles. The normalized spacial score (nSPS) is 36.7. The first-order valence-electron chi connectivity index (χ1n) is 9.35. The minimum absolute atomic E-state index is 0.293. The first kappa shape index (κ1) is 17.5. The van der Waals surface area contributed by atoms with Crippen molar-refractivity contribution in [3.63, 3.8) is 0 Å². The lowest BCUT2D eigenvalue weighted by Crippen LogP contribution is -2.59. The Labute approximate surface area is 158 Å². The van der Waals surface area contributed by atoms with Gasteiger partial charge in [0.2, 0.25) is 17.1 Å². The Balaban J connectivity index is 1.99. The molecule has 0 radical (unpaired) electrons. The van der Waals surface area contributed by atoms with Crippen LogP contribution in [0.15, 0.2) is 30.3 Å². The fourth-order valence-corrected chi connectivity index (χ4v) is 5.14. The van der Waals surface area contributed by atoms with Crippen LogP contribution in [0.2, 0.25) is 0 Å². The number of benzene rings is 1. The number of nitrogens with zero attached hydrogens (tertiary/aromatic N) is 3. The van der Waals surface area contributed by atoms with Gasteiger partial charge in [-0.1, -0.05) is 49.6 Å². The molecule has 0 amide bonds. The van der Waals surface area contributed by atoms with Crippen LogP contribution in [-0.4, -0.2) is 11.7 Å².